The monoisotopic (exact) mass is 741 g/mol. The second-order valence-corrected chi connectivity index (χ2v) is 13.7. The van der Waals surface area contributed by atoms with E-state index in [4.69, 9.17) is 0 Å². The number of carboxylic acids is 2. The summed E-state index contributed by atoms with van der Waals surface area (Å²) >= 11 is 0. The number of carbonyl (C=O) groups is 2. The summed E-state index contributed by atoms with van der Waals surface area (Å²) in [5, 5.41) is 21.8. The van der Waals surface area contributed by atoms with Crippen LogP contribution in [0.3, 0.4) is 0 Å². The number of unbranched alkanes of at least 4 members (excludes halogenated alkanes) is 16. The number of hydrogen-bond acceptors (Lipinski definition) is 6. The molecule has 0 unspecified atom stereocenters. The summed E-state index contributed by atoms with van der Waals surface area (Å²) in [7, 11) is 0. The van der Waals surface area contributed by atoms with Crippen molar-refractivity contribution in [2.24, 2.45) is 0 Å². The van der Waals surface area contributed by atoms with Gasteiger partial charge in [-0.1, -0.05) is 128 Å². The molecule has 0 atom stereocenters. The van der Waals surface area contributed by atoms with Crippen molar-refractivity contribution < 1.29 is 19.8 Å². The van der Waals surface area contributed by atoms with Crippen molar-refractivity contribution in [2.75, 3.05) is 39.3 Å². The predicted molar refractivity (Wildman–Crippen MR) is 219 cm³/mol. The Hall–Kier alpha value is -0.920. The molecular formula is C44H80CaN2O4. The van der Waals surface area contributed by atoms with E-state index in [1.54, 1.807) is 0 Å². The van der Waals surface area contributed by atoms with Gasteiger partial charge in [-0.15, -0.1) is 0 Å². The molecule has 292 valence electrons. The van der Waals surface area contributed by atoms with E-state index in [1.165, 1.54) is 77.0 Å². The molecule has 0 fully saturated rings. The smallest absolute Gasteiger partial charge is 0.549 e. The number of nitrogens with zero attached hydrogens (tertiary/aromatic N) is 2. The molecule has 0 bridgehead atoms. The topological polar surface area (TPSA) is 86.7 Å². The Morgan fingerprint density at radius 2 is 0.569 bits per heavy atom. The summed E-state index contributed by atoms with van der Waals surface area (Å²) in [6, 6.07) is 0. The van der Waals surface area contributed by atoms with Gasteiger partial charge in [0, 0.05) is 13.1 Å². The fraction of sp³-hybridized carbons (Fsp3) is 0.773. The van der Waals surface area contributed by atoms with Crippen molar-refractivity contribution in [3.05, 3.63) is 48.6 Å². The molecule has 7 heteroatoms. The van der Waals surface area contributed by atoms with Gasteiger partial charge < -0.3 is 19.8 Å². The minimum absolute atomic E-state index is 0. The molecule has 6 nitrogen and oxygen atoms in total. The molecule has 0 aromatic rings. The maximum atomic E-state index is 10.9. The quantitative estimate of drug-likeness (QED) is 0.0362. The molecule has 0 aromatic heterocycles. The number of aliphatic carboxylic acids is 2. The maximum Gasteiger partial charge on any atom is 2.00 e. The van der Waals surface area contributed by atoms with E-state index in [-0.39, 0.29) is 50.8 Å². The van der Waals surface area contributed by atoms with Crippen LogP contribution >= 0.6 is 0 Å². The van der Waals surface area contributed by atoms with E-state index >= 15 is 0 Å². The van der Waals surface area contributed by atoms with Gasteiger partial charge in [-0.2, -0.15) is 0 Å². The number of carboxylic acid groups (broad SMARTS) is 2. The predicted octanol–water partition coefficient (Wildman–Crippen LogP) is 9.36. The van der Waals surface area contributed by atoms with Gasteiger partial charge in [0.15, 0.2) is 0 Å². The Morgan fingerprint density at radius 3 is 0.745 bits per heavy atom. The van der Waals surface area contributed by atoms with E-state index in [0.717, 1.165) is 103 Å². The van der Waals surface area contributed by atoms with E-state index < -0.39 is 11.9 Å². The first-order valence-electron chi connectivity index (χ1n) is 20.8. The van der Waals surface area contributed by atoms with Crippen LogP contribution in [0.25, 0.3) is 0 Å². The molecule has 0 spiro atoms. The normalized spacial score (nSPS) is 11.7. The maximum absolute atomic E-state index is 10.9. The SMILES string of the molecule is CCCC/C=C/CCCCN(CCCC/C=C/CCCC)CC(=O)[O-].CCCC/C=C/CCCCN(CCCC/C=C/CCCC)CC(=O)[O-].[Ca+2]. The minimum atomic E-state index is -0.959. The van der Waals surface area contributed by atoms with Gasteiger partial charge in [-0.05, 0) is 129 Å². The van der Waals surface area contributed by atoms with Crippen LogP contribution in [0.1, 0.15) is 182 Å². The van der Waals surface area contributed by atoms with Gasteiger partial charge in [-0.3, -0.25) is 9.80 Å². The molecule has 0 radical (unpaired) electrons. The first-order chi connectivity index (χ1) is 24.4. The summed E-state index contributed by atoms with van der Waals surface area (Å²) in [6.07, 6.45) is 46.1. The Balaban J connectivity index is -0.000000886. The van der Waals surface area contributed by atoms with Crippen LogP contribution < -0.4 is 10.2 Å². The molecule has 0 amide bonds. The van der Waals surface area contributed by atoms with Gasteiger partial charge in [-0.25, -0.2) is 0 Å². The summed E-state index contributed by atoms with van der Waals surface area (Å²) in [5.74, 6) is -1.92. The summed E-state index contributed by atoms with van der Waals surface area (Å²) < 4.78 is 0. The Bertz CT molecular complexity index is 723. The molecule has 51 heavy (non-hydrogen) atoms. The average molecular weight is 741 g/mol. The van der Waals surface area contributed by atoms with Crippen molar-refractivity contribution in [2.45, 2.75) is 182 Å². The molecule has 0 rings (SSSR count). The van der Waals surface area contributed by atoms with Crippen molar-refractivity contribution in [3.8, 4) is 0 Å². The molecule has 0 aliphatic carbocycles. The van der Waals surface area contributed by atoms with Crippen LogP contribution in [0.2, 0.25) is 0 Å². The van der Waals surface area contributed by atoms with Crippen molar-refractivity contribution in [3.63, 3.8) is 0 Å². The molecule has 0 saturated heterocycles. The van der Waals surface area contributed by atoms with Crippen molar-refractivity contribution >= 4 is 49.7 Å². The number of rotatable bonds is 36. The first-order valence-corrected chi connectivity index (χ1v) is 20.8. The average Bonchev–Trinajstić information content (AvgIpc) is 3.09. The largest absolute Gasteiger partial charge is 2.00 e. The Kier molecular flexibility index (Phi) is 50.3. The van der Waals surface area contributed by atoms with Crippen LogP contribution in [0.15, 0.2) is 48.6 Å². The van der Waals surface area contributed by atoms with Gasteiger partial charge in [0.1, 0.15) is 0 Å². The molecule has 0 aliphatic rings. The second-order valence-electron chi connectivity index (χ2n) is 13.7. The zero-order valence-corrected chi connectivity index (χ0v) is 36.3. The zero-order chi connectivity index (χ0) is 37.2. The number of hydrogen-bond donors (Lipinski definition) is 0. The zero-order valence-electron chi connectivity index (χ0n) is 34.1. The van der Waals surface area contributed by atoms with Crippen molar-refractivity contribution in [1.82, 2.24) is 9.80 Å². The van der Waals surface area contributed by atoms with Gasteiger partial charge >= 0.3 is 37.7 Å². The minimum Gasteiger partial charge on any atom is -0.549 e. The van der Waals surface area contributed by atoms with Crippen LogP contribution in [-0.4, -0.2) is 98.7 Å². The molecule has 0 aromatic carbocycles. The number of carbonyl (C=O) groups excluding carboxylic acids is 2. The Labute approximate surface area is 346 Å². The van der Waals surface area contributed by atoms with Crippen molar-refractivity contribution in [1.29, 1.82) is 0 Å². The summed E-state index contributed by atoms with van der Waals surface area (Å²) in [6.45, 7) is 12.4. The molecule has 0 N–H and O–H groups in total. The van der Waals surface area contributed by atoms with Gasteiger partial charge in [0.05, 0.1) is 11.9 Å². The van der Waals surface area contributed by atoms with Crippen LogP contribution in [0, 0.1) is 0 Å². The molecule has 0 heterocycles. The summed E-state index contributed by atoms with van der Waals surface area (Å²) in [4.78, 5) is 25.9. The second kappa shape index (κ2) is 47.1. The fourth-order valence-corrected chi connectivity index (χ4v) is 5.53. The standard InChI is InChI=1S/2C22H41NO2.Ca/c2*1-3-5-7-9-11-13-15-17-19-23(21-22(24)25)20-18-16-14-12-10-8-6-4-2;/h2*9-12H,3-8,13-21H2,1-2H3,(H,24,25);/q;;+2/p-2/b2*11-9+,12-10+;. The molecular weight excluding hydrogens is 661 g/mol. The van der Waals surface area contributed by atoms with E-state index in [9.17, 15) is 19.8 Å². The van der Waals surface area contributed by atoms with E-state index in [0.29, 0.717) is 0 Å². The fourth-order valence-electron chi connectivity index (χ4n) is 5.53. The first kappa shape index (κ1) is 54.4. The van der Waals surface area contributed by atoms with Gasteiger partial charge in [0.25, 0.3) is 0 Å². The molecule has 0 saturated carbocycles. The van der Waals surface area contributed by atoms with E-state index in [1.807, 2.05) is 9.80 Å². The molecule has 0 aliphatic heterocycles. The van der Waals surface area contributed by atoms with E-state index in [2.05, 4.69) is 76.3 Å². The third kappa shape index (κ3) is 49.1. The van der Waals surface area contributed by atoms with Crippen LogP contribution in [0.4, 0.5) is 0 Å². The number of allylic oxidation sites excluding steroid dienone is 8. The van der Waals surface area contributed by atoms with Gasteiger partial charge in [0.2, 0.25) is 0 Å². The Morgan fingerprint density at radius 1 is 0.373 bits per heavy atom. The van der Waals surface area contributed by atoms with Crippen LogP contribution in [-0.2, 0) is 9.59 Å². The summed E-state index contributed by atoms with van der Waals surface area (Å²) in [5.41, 5.74) is 0. The van der Waals surface area contributed by atoms with Crippen LogP contribution in [0.5, 0.6) is 0 Å². The third-order valence-corrected chi connectivity index (χ3v) is 8.65. The third-order valence-electron chi connectivity index (χ3n) is 8.65.